The zero-order valence-corrected chi connectivity index (χ0v) is 13.3. The highest BCUT2D eigenvalue weighted by Crippen LogP contribution is 2.25. The van der Waals surface area contributed by atoms with E-state index in [-0.39, 0.29) is 5.56 Å². The summed E-state index contributed by atoms with van der Waals surface area (Å²) in [6, 6.07) is 8.99. The molecule has 0 spiro atoms. The van der Waals surface area contributed by atoms with E-state index in [1.165, 1.54) is 6.20 Å². The number of ether oxygens (including phenoxy) is 1. The fourth-order valence-electron chi connectivity index (χ4n) is 2.68. The molecule has 0 saturated carbocycles. The molecule has 0 aliphatic heterocycles. The molecule has 122 valence electrons. The number of hydrogen-bond acceptors (Lipinski definition) is 4. The zero-order valence-electron chi connectivity index (χ0n) is 13.3. The van der Waals surface area contributed by atoms with Gasteiger partial charge in [0.15, 0.2) is 0 Å². The third-order valence-electron chi connectivity index (χ3n) is 3.93. The monoisotopic (exact) mass is 324 g/mol. The summed E-state index contributed by atoms with van der Waals surface area (Å²) in [5, 5.41) is 9.59. The summed E-state index contributed by atoms with van der Waals surface area (Å²) in [6.07, 6.45) is 3.04. The second kappa shape index (κ2) is 6.16. The van der Waals surface area contributed by atoms with Gasteiger partial charge in [-0.3, -0.25) is 4.79 Å². The lowest BCUT2D eigenvalue weighted by Gasteiger charge is -2.12. The number of nitrogens with zero attached hydrogens (tertiary/aromatic N) is 2. The number of methoxy groups -OCH3 is 1. The SMILES string of the molecule is CCn1cc(C(=O)O)c(=O)c2ccc(-c3ccnc(OC)c3)cc21. The summed E-state index contributed by atoms with van der Waals surface area (Å²) >= 11 is 0. The van der Waals surface area contributed by atoms with Crippen molar-refractivity contribution >= 4 is 16.9 Å². The lowest BCUT2D eigenvalue weighted by Crippen LogP contribution is -2.18. The molecule has 0 unspecified atom stereocenters. The smallest absolute Gasteiger partial charge is 0.341 e. The molecule has 0 saturated heterocycles. The van der Waals surface area contributed by atoms with Gasteiger partial charge in [0.2, 0.25) is 11.3 Å². The molecule has 0 amide bonds. The van der Waals surface area contributed by atoms with Gasteiger partial charge in [-0.2, -0.15) is 0 Å². The number of aryl methyl sites for hydroxylation is 1. The van der Waals surface area contributed by atoms with Gasteiger partial charge < -0.3 is 14.4 Å². The van der Waals surface area contributed by atoms with E-state index in [0.717, 1.165) is 11.1 Å². The van der Waals surface area contributed by atoms with E-state index in [9.17, 15) is 14.7 Å². The summed E-state index contributed by atoms with van der Waals surface area (Å²) in [7, 11) is 1.55. The van der Waals surface area contributed by atoms with E-state index in [0.29, 0.717) is 23.3 Å². The topological polar surface area (TPSA) is 81.4 Å². The summed E-state index contributed by atoms with van der Waals surface area (Å²) in [6.45, 7) is 2.46. The van der Waals surface area contributed by atoms with Gasteiger partial charge in [-0.15, -0.1) is 0 Å². The first-order valence-corrected chi connectivity index (χ1v) is 7.46. The van der Waals surface area contributed by atoms with Crippen molar-refractivity contribution in [1.82, 2.24) is 9.55 Å². The molecule has 0 bridgehead atoms. The van der Waals surface area contributed by atoms with Gasteiger partial charge in [-0.25, -0.2) is 9.78 Å². The Labute approximate surface area is 138 Å². The molecule has 6 heteroatoms. The molecule has 0 aliphatic rings. The van der Waals surface area contributed by atoms with Crippen molar-refractivity contribution in [3.63, 3.8) is 0 Å². The molecule has 0 fully saturated rings. The van der Waals surface area contributed by atoms with E-state index in [1.807, 2.05) is 19.1 Å². The van der Waals surface area contributed by atoms with Crippen LogP contribution in [0.4, 0.5) is 0 Å². The molecular formula is C18H16N2O4. The van der Waals surface area contributed by atoms with Gasteiger partial charge in [-0.05, 0) is 36.2 Å². The van der Waals surface area contributed by atoms with Gasteiger partial charge in [0.1, 0.15) is 5.56 Å². The average Bonchev–Trinajstić information content (AvgIpc) is 2.61. The maximum Gasteiger partial charge on any atom is 0.341 e. The van der Waals surface area contributed by atoms with Crippen molar-refractivity contribution in [2.75, 3.05) is 7.11 Å². The molecule has 2 heterocycles. The van der Waals surface area contributed by atoms with Crippen LogP contribution >= 0.6 is 0 Å². The molecule has 3 rings (SSSR count). The summed E-state index contributed by atoms with van der Waals surface area (Å²) in [4.78, 5) is 27.7. The molecule has 0 radical (unpaired) electrons. The third kappa shape index (κ3) is 2.62. The highest BCUT2D eigenvalue weighted by Gasteiger charge is 2.14. The summed E-state index contributed by atoms with van der Waals surface area (Å²) in [5.74, 6) is -0.714. The first kappa shape index (κ1) is 15.7. The predicted molar refractivity (Wildman–Crippen MR) is 90.6 cm³/mol. The number of carboxylic acid groups (broad SMARTS) is 1. The number of aromatic carboxylic acids is 1. The van der Waals surface area contributed by atoms with Crippen LogP contribution in [0.5, 0.6) is 5.88 Å². The number of fused-ring (bicyclic) bond motifs is 1. The highest BCUT2D eigenvalue weighted by molar-refractivity contribution is 5.93. The Morgan fingerprint density at radius 2 is 2.00 bits per heavy atom. The molecule has 0 atom stereocenters. The van der Waals surface area contributed by atoms with Crippen LogP contribution in [0.1, 0.15) is 17.3 Å². The van der Waals surface area contributed by atoms with Crippen LogP contribution in [0, 0.1) is 0 Å². The Balaban J connectivity index is 2.26. The molecule has 0 aliphatic carbocycles. The van der Waals surface area contributed by atoms with Crippen LogP contribution < -0.4 is 10.2 Å². The van der Waals surface area contributed by atoms with Crippen LogP contribution in [0.15, 0.2) is 47.5 Å². The molecular weight excluding hydrogens is 308 g/mol. The van der Waals surface area contributed by atoms with E-state index in [4.69, 9.17) is 4.74 Å². The molecule has 24 heavy (non-hydrogen) atoms. The molecule has 3 aromatic rings. The largest absolute Gasteiger partial charge is 0.481 e. The van der Waals surface area contributed by atoms with E-state index in [2.05, 4.69) is 4.98 Å². The van der Waals surface area contributed by atoms with Gasteiger partial charge in [0, 0.05) is 30.4 Å². The predicted octanol–water partition coefficient (Wildman–Crippen LogP) is 2.79. The van der Waals surface area contributed by atoms with Crippen LogP contribution in [-0.4, -0.2) is 27.7 Å². The normalized spacial score (nSPS) is 10.8. The van der Waals surface area contributed by atoms with Gasteiger partial charge in [-0.1, -0.05) is 6.07 Å². The first-order chi connectivity index (χ1) is 11.5. The van der Waals surface area contributed by atoms with Crippen molar-refractivity contribution in [3.05, 3.63) is 58.5 Å². The minimum Gasteiger partial charge on any atom is -0.481 e. The number of benzene rings is 1. The maximum absolute atomic E-state index is 12.4. The minimum absolute atomic E-state index is 0.220. The Kier molecular flexibility index (Phi) is 4.04. The van der Waals surface area contributed by atoms with Crippen molar-refractivity contribution in [1.29, 1.82) is 0 Å². The van der Waals surface area contributed by atoms with Crippen molar-refractivity contribution in [2.24, 2.45) is 0 Å². The molecule has 1 aromatic carbocycles. The zero-order chi connectivity index (χ0) is 17.3. The van der Waals surface area contributed by atoms with Crippen LogP contribution in [-0.2, 0) is 6.54 Å². The quantitative estimate of drug-likeness (QED) is 0.798. The molecule has 1 N–H and O–H groups in total. The van der Waals surface area contributed by atoms with E-state index < -0.39 is 11.4 Å². The second-order valence-corrected chi connectivity index (χ2v) is 5.28. The van der Waals surface area contributed by atoms with Gasteiger partial charge >= 0.3 is 5.97 Å². The second-order valence-electron chi connectivity index (χ2n) is 5.28. The fourth-order valence-corrected chi connectivity index (χ4v) is 2.68. The Bertz CT molecular complexity index is 992. The van der Waals surface area contributed by atoms with Crippen molar-refractivity contribution in [3.8, 4) is 17.0 Å². The molecule has 6 nitrogen and oxygen atoms in total. The number of hydrogen-bond donors (Lipinski definition) is 1. The van der Waals surface area contributed by atoms with E-state index >= 15 is 0 Å². The van der Waals surface area contributed by atoms with Crippen LogP contribution in [0.2, 0.25) is 0 Å². The fraction of sp³-hybridized carbons (Fsp3) is 0.167. The Hall–Kier alpha value is -3.15. The number of carboxylic acids is 1. The Morgan fingerprint density at radius 1 is 1.25 bits per heavy atom. The van der Waals surface area contributed by atoms with Crippen molar-refractivity contribution in [2.45, 2.75) is 13.5 Å². The number of aromatic nitrogens is 2. The summed E-state index contributed by atoms with van der Waals surface area (Å²) in [5.41, 5.74) is 1.80. The third-order valence-corrected chi connectivity index (χ3v) is 3.93. The average molecular weight is 324 g/mol. The van der Waals surface area contributed by atoms with E-state index in [1.54, 1.807) is 36.1 Å². The standard InChI is InChI=1S/C18H16N2O4/c1-3-20-10-14(18(22)23)17(21)13-5-4-11(8-15(13)20)12-6-7-19-16(9-12)24-2/h4-10H,3H2,1-2H3,(H,22,23). The van der Waals surface area contributed by atoms with Crippen LogP contribution in [0.25, 0.3) is 22.0 Å². The number of rotatable bonds is 4. The lowest BCUT2D eigenvalue weighted by atomic mass is 10.0. The summed E-state index contributed by atoms with van der Waals surface area (Å²) < 4.78 is 6.90. The molecule has 2 aromatic heterocycles. The highest BCUT2D eigenvalue weighted by atomic mass is 16.5. The number of carbonyl (C=O) groups is 1. The Morgan fingerprint density at radius 3 is 2.67 bits per heavy atom. The first-order valence-electron chi connectivity index (χ1n) is 7.46. The van der Waals surface area contributed by atoms with Gasteiger partial charge in [0.05, 0.1) is 12.6 Å². The minimum atomic E-state index is -1.22. The number of pyridine rings is 2. The van der Waals surface area contributed by atoms with Crippen molar-refractivity contribution < 1.29 is 14.6 Å². The maximum atomic E-state index is 12.4. The van der Waals surface area contributed by atoms with Crippen LogP contribution in [0.3, 0.4) is 0 Å². The van der Waals surface area contributed by atoms with Gasteiger partial charge in [0.25, 0.3) is 0 Å². The lowest BCUT2D eigenvalue weighted by molar-refractivity contribution is 0.0695.